The third-order valence-electron chi connectivity index (χ3n) is 4.55. The van der Waals surface area contributed by atoms with Crippen LogP contribution in [0.25, 0.3) is 0 Å². The lowest BCUT2D eigenvalue weighted by atomic mass is 10.0. The van der Waals surface area contributed by atoms with Crippen molar-refractivity contribution in [2.45, 2.75) is 44.7 Å². The fraction of sp³-hybridized carbons (Fsp3) is 0.500. The van der Waals surface area contributed by atoms with Crippen LogP contribution in [0.2, 0.25) is 0 Å². The van der Waals surface area contributed by atoms with Crippen LogP contribution < -0.4 is 15.2 Å². The van der Waals surface area contributed by atoms with Crippen LogP contribution in [-0.4, -0.2) is 53.3 Å². The zero-order valence-corrected chi connectivity index (χ0v) is 15.7. The molecular weight excluding hydrogens is 397 g/mol. The number of amides is 2. The van der Waals surface area contributed by atoms with Gasteiger partial charge in [0.25, 0.3) is 0 Å². The lowest BCUT2D eigenvalue weighted by molar-refractivity contribution is -0.185. The van der Waals surface area contributed by atoms with Gasteiger partial charge in [-0.15, -0.1) is 0 Å². The van der Waals surface area contributed by atoms with Gasteiger partial charge in [0, 0.05) is 25.9 Å². The van der Waals surface area contributed by atoms with E-state index in [0.717, 1.165) is 7.05 Å². The number of hydrogen-bond donors (Lipinski definition) is 2. The maximum atomic E-state index is 12.6. The number of primary amides is 1. The number of fused-ring (bicyclic) bond motifs is 1. The minimum absolute atomic E-state index is 0.110. The predicted octanol–water partition coefficient (Wildman–Crippen LogP) is 1.70. The molecule has 1 aliphatic rings. The second-order valence-corrected chi connectivity index (χ2v) is 6.85. The summed E-state index contributed by atoms with van der Waals surface area (Å²) in [6.45, 7) is 1.48. The molecule has 0 saturated carbocycles. The van der Waals surface area contributed by atoms with E-state index < -0.39 is 42.2 Å². The maximum absolute atomic E-state index is 12.6. The van der Waals surface area contributed by atoms with Crippen molar-refractivity contribution in [3.63, 3.8) is 0 Å². The van der Waals surface area contributed by atoms with Crippen molar-refractivity contribution in [1.82, 2.24) is 4.90 Å². The van der Waals surface area contributed by atoms with Gasteiger partial charge in [-0.3, -0.25) is 14.4 Å². The smallest absolute Gasteiger partial charge is 0.471 e. The lowest BCUT2D eigenvalue weighted by Gasteiger charge is -2.25. The normalized spacial score (nSPS) is 17.5. The first-order valence-electron chi connectivity index (χ1n) is 8.69. The first-order valence-corrected chi connectivity index (χ1v) is 8.69. The van der Waals surface area contributed by atoms with Gasteiger partial charge < -0.3 is 25.2 Å². The van der Waals surface area contributed by atoms with Crippen LogP contribution in [0, 0.1) is 5.92 Å². The van der Waals surface area contributed by atoms with Gasteiger partial charge in [0.2, 0.25) is 12.2 Å². The molecule has 160 valence electrons. The second kappa shape index (κ2) is 8.58. The van der Waals surface area contributed by atoms with Crippen LogP contribution in [0.1, 0.15) is 25.3 Å². The molecule has 1 aromatic carbocycles. The van der Waals surface area contributed by atoms with Crippen molar-refractivity contribution in [1.29, 1.82) is 0 Å². The Kier molecular flexibility index (Phi) is 6.60. The molecule has 0 saturated heterocycles. The van der Waals surface area contributed by atoms with Crippen LogP contribution in [-0.2, 0) is 20.8 Å². The summed E-state index contributed by atoms with van der Waals surface area (Å²) < 4.78 is 48.8. The first-order chi connectivity index (χ1) is 13.4. The summed E-state index contributed by atoms with van der Waals surface area (Å²) in [4.78, 5) is 34.2. The summed E-state index contributed by atoms with van der Waals surface area (Å²) in [5.74, 6) is -4.34. The Bertz CT molecular complexity index is 798. The second-order valence-electron chi connectivity index (χ2n) is 6.85. The van der Waals surface area contributed by atoms with Gasteiger partial charge in [0.05, 0.1) is 5.92 Å². The molecular formula is C18H21F3N2O6. The van der Waals surface area contributed by atoms with E-state index in [4.69, 9.17) is 20.3 Å². The number of likely N-dealkylation sites (N-methyl/N-ethyl adjacent to an activating group) is 1. The van der Waals surface area contributed by atoms with Crippen molar-refractivity contribution >= 4 is 17.8 Å². The predicted molar refractivity (Wildman–Crippen MR) is 93.0 cm³/mol. The van der Waals surface area contributed by atoms with E-state index in [0.29, 0.717) is 22.0 Å². The van der Waals surface area contributed by atoms with Crippen molar-refractivity contribution in [2.75, 3.05) is 7.05 Å². The number of carbonyl (C=O) groups excluding carboxylic acids is 2. The van der Waals surface area contributed by atoms with Crippen LogP contribution in [0.5, 0.6) is 11.5 Å². The van der Waals surface area contributed by atoms with Gasteiger partial charge in [-0.25, -0.2) is 0 Å². The SMILES string of the molecule is CC(Cc1ccc2c(c1)OC(CC(CC(N)=O)C(=O)O)O2)N(C)C(=O)C(F)(F)F. The van der Waals surface area contributed by atoms with E-state index in [9.17, 15) is 27.6 Å². The summed E-state index contributed by atoms with van der Waals surface area (Å²) in [7, 11) is 1.08. The van der Waals surface area contributed by atoms with Gasteiger partial charge in [0.15, 0.2) is 11.5 Å². The van der Waals surface area contributed by atoms with E-state index in [1.165, 1.54) is 6.92 Å². The van der Waals surface area contributed by atoms with E-state index >= 15 is 0 Å². The van der Waals surface area contributed by atoms with Crippen LogP contribution >= 0.6 is 0 Å². The van der Waals surface area contributed by atoms with Crippen molar-refractivity contribution in [3.8, 4) is 11.5 Å². The van der Waals surface area contributed by atoms with Gasteiger partial charge >= 0.3 is 18.1 Å². The highest BCUT2D eigenvalue weighted by atomic mass is 19.4. The molecule has 3 unspecified atom stereocenters. The molecule has 0 fully saturated rings. The summed E-state index contributed by atoms with van der Waals surface area (Å²) >= 11 is 0. The minimum atomic E-state index is -4.95. The highest BCUT2D eigenvalue weighted by molar-refractivity contribution is 5.82. The monoisotopic (exact) mass is 418 g/mol. The topological polar surface area (TPSA) is 119 Å². The third-order valence-corrected chi connectivity index (χ3v) is 4.55. The van der Waals surface area contributed by atoms with Crippen LogP contribution in [0.3, 0.4) is 0 Å². The molecule has 0 bridgehead atoms. The standard InChI is InChI=1S/C18H21F3N2O6/c1-9(23(2)17(27)18(19,20)21)5-10-3-4-12-13(6-10)29-15(28-12)8-11(16(25)26)7-14(22)24/h3-4,6,9,11,15H,5,7-8H2,1-2H3,(H2,22,24)(H,25,26). The zero-order valence-electron chi connectivity index (χ0n) is 15.7. The molecule has 11 heteroatoms. The molecule has 2 rings (SSSR count). The molecule has 1 aliphatic heterocycles. The van der Waals surface area contributed by atoms with Gasteiger partial charge in [-0.2, -0.15) is 13.2 Å². The highest BCUT2D eigenvalue weighted by Crippen LogP contribution is 2.37. The van der Waals surface area contributed by atoms with Gasteiger partial charge in [0.1, 0.15) is 0 Å². The number of benzene rings is 1. The summed E-state index contributed by atoms with van der Waals surface area (Å²) in [6.07, 6.45) is -6.22. The number of halogens is 3. The van der Waals surface area contributed by atoms with Crippen LogP contribution in [0.15, 0.2) is 18.2 Å². The Labute approximate surface area is 164 Å². The lowest BCUT2D eigenvalue weighted by Crippen LogP contribution is -2.44. The molecule has 3 atom stereocenters. The summed E-state index contributed by atoms with van der Waals surface area (Å²) in [5, 5.41) is 9.17. The maximum Gasteiger partial charge on any atom is 0.471 e. The molecule has 0 aromatic heterocycles. The molecule has 3 N–H and O–H groups in total. The number of nitrogens with two attached hydrogens (primary N) is 1. The number of rotatable bonds is 8. The molecule has 29 heavy (non-hydrogen) atoms. The fourth-order valence-electron chi connectivity index (χ4n) is 2.90. The third kappa shape index (κ3) is 5.75. The Hall–Kier alpha value is -2.98. The van der Waals surface area contributed by atoms with Crippen molar-refractivity contribution in [2.24, 2.45) is 11.7 Å². The van der Waals surface area contributed by atoms with E-state index in [2.05, 4.69) is 0 Å². The average molecular weight is 418 g/mol. The van der Waals surface area contributed by atoms with E-state index in [1.54, 1.807) is 18.2 Å². The largest absolute Gasteiger partial charge is 0.481 e. The summed E-state index contributed by atoms with van der Waals surface area (Å²) in [6, 6.07) is 3.99. The molecule has 1 aromatic rings. The van der Waals surface area contributed by atoms with Crippen molar-refractivity contribution < 1.29 is 42.1 Å². The van der Waals surface area contributed by atoms with E-state index in [-0.39, 0.29) is 19.3 Å². The number of carboxylic acid groups (broad SMARTS) is 1. The number of aliphatic carboxylic acids is 1. The molecule has 8 nitrogen and oxygen atoms in total. The summed E-state index contributed by atoms with van der Waals surface area (Å²) in [5.41, 5.74) is 5.65. The number of alkyl halides is 3. The zero-order chi connectivity index (χ0) is 21.9. The fourth-order valence-corrected chi connectivity index (χ4v) is 2.90. The van der Waals surface area contributed by atoms with E-state index in [1.807, 2.05) is 0 Å². The number of hydrogen-bond acceptors (Lipinski definition) is 5. The quantitative estimate of drug-likeness (QED) is 0.663. The Morgan fingerprint density at radius 1 is 1.24 bits per heavy atom. The average Bonchev–Trinajstić information content (AvgIpc) is 3.00. The minimum Gasteiger partial charge on any atom is -0.481 e. The van der Waals surface area contributed by atoms with Gasteiger partial charge in [-0.1, -0.05) is 6.07 Å². The number of nitrogens with zero attached hydrogens (tertiary/aromatic N) is 1. The van der Waals surface area contributed by atoms with Gasteiger partial charge in [-0.05, 0) is 31.0 Å². The first kappa shape index (κ1) is 22.3. The van der Waals surface area contributed by atoms with Crippen molar-refractivity contribution in [3.05, 3.63) is 23.8 Å². The Morgan fingerprint density at radius 2 is 1.86 bits per heavy atom. The molecule has 1 heterocycles. The Balaban J connectivity index is 2.02. The molecule has 2 amide bonds. The highest BCUT2D eigenvalue weighted by Gasteiger charge is 2.42. The number of carboxylic acids is 1. The number of ether oxygens (including phenoxy) is 2. The van der Waals surface area contributed by atoms with Crippen LogP contribution in [0.4, 0.5) is 13.2 Å². The molecule has 0 radical (unpaired) electrons. The number of carbonyl (C=O) groups is 3. The molecule has 0 spiro atoms. The molecule has 0 aliphatic carbocycles. The Morgan fingerprint density at radius 3 is 2.41 bits per heavy atom.